The van der Waals surface area contributed by atoms with E-state index in [1.165, 1.54) is 5.56 Å². The van der Waals surface area contributed by atoms with E-state index in [9.17, 15) is 9.59 Å². The van der Waals surface area contributed by atoms with Crippen LogP contribution in [-0.4, -0.2) is 23.7 Å². The number of carbonyl (C=O) groups excluding carboxylic acids is 2. The van der Waals surface area contributed by atoms with Crippen LogP contribution in [-0.2, 0) is 33.7 Å². The molecule has 0 radical (unpaired) electrons. The first-order valence-electron chi connectivity index (χ1n) is 10.0. The van der Waals surface area contributed by atoms with Gasteiger partial charge in [0.1, 0.15) is 18.2 Å². The lowest BCUT2D eigenvalue weighted by Crippen LogP contribution is -2.44. The summed E-state index contributed by atoms with van der Waals surface area (Å²) in [5, 5.41) is 2.66. The molecule has 0 saturated carbocycles. The molecule has 2 aromatic rings. The van der Waals surface area contributed by atoms with Crippen molar-refractivity contribution in [1.82, 2.24) is 5.32 Å². The number of ether oxygens (including phenoxy) is 2. The first-order chi connectivity index (χ1) is 13.8. The van der Waals surface area contributed by atoms with E-state index in [0.717, 1.165) is 17.5 Å². The number of nitrogens with one attached hydrogen (secondary N) is 1. The molecule has 29 heavy (non-hydrogen) atoms. The number of amides is 1. The Kier molecular flexibility index (Phi) is 8.25. The average molecular weight is 398 g/mol. The lowest BCUT2D eigenvalue weighted by atomic mass is 10.1. The molecule has 0 aromatic heterocycles. The van der Waals surface area contributed by atoms with Crippen molar-refractivity contribution in [3.63, 3.8) is 0 Å². The predicted molar refractivity (Wildman–Crippen MR) is 114 cm³/mol. The molecule has 1 unspecified atom stereocenters. The fraction of sp³-hybridized carbons (Fsp3) is 0.417. The number of alkyl carbamates (subject to hydrolysis) is 1. The van der Waals surface area contributed by atoms with Gasteiger partial charge >= 0.3 is 12.1 Å². The van der Waals surface area contributed by atoms with Gasteiger partial charge in [0.15, 0.2) is 0 Å². The Balaban J connectivity index is 1.99. The van der Waals surface area contributed by atoms with Crippen molar-refractivity contribution >= 4 is 12.1 Å². The summed E-state index contributed by atoms with van der Waals surface area (Å²) in [5.41, 5.74) is 2.59. The topological polar surface area (TPSA) is 64.6 Å². The minimum Gasteiger partial charge on any atom is -0.459 e. The molecule has 0 saturated heterocycles. The largest absolute Gasteiger partial charge is 0.459 e. The lowest BCUT2D eigenvalue weighted by molar-refractivity contribution is -0.147. The zero-order valence-corrected chi connectivity index (χ0v) is 17.7. The Bertz CT molecular complexity index is 779. The van der Waals surface area contributed by atoms with E-state index < -0.39 is 23.7 Å². The van der Waals surface area contributed by atoms with Gasteiger partial charge in [-0.3, -0.25) is 0 Å². The first kappa shape index (κ1) is 22.5. The van der Waals surface area contributed by atoms with E-state index in [-0.39, 0.29) is 6.61 Å². The zero-order chi connectivity index (χ0) is 21.3. The molecule has 2 aromatic carbocycles. The van der Waals surface area contributed by atoms with Crippen molar-refractivity contribution in [2.45, 2.75) is 65.2 Å². The van der Waals surface area contributed by atoms with Gasteiger partial charge in [-0.05, 0) is 56.7 Å². The number of hydrogen-bond acceptors (Lipinski definition) is 4. The van der Waals surface area contributed by atoms with Crippen molar-refractivity contribution in [3.05, 3.63) is 71.3 Å². The van der Waals surface area contributed by atoms with E-state index in [2.05, 4.69) is 12.2 Å². The molecule has 2 rings (SSSR count). The van der Waals surface area contributed by atoms with Gasteiger partial charge in [-0.25, -0.2) is 9.59 Å². The minimum atomic E-state index is -0.778. The standard InChI is InChI=1S/C24H31NO4/c1-5-18-11-13-20(14-12-18)17-28-22(26)21(25-23(27)29-24(2,3)4)16-15-19-9-7-6-8-10-19/h6-14,21H,5,15-17H2,1-4H3,(H,25,27). The van der Waals surface area contributed by atoms with E-state index in [1.54, 1.807) is 20.8 Å². The van der Waals surface area contributed by atoms with Crippen LogP contribution in [0.4, 0.5) is 4.79 Å². The Labute approximate surface area is 173 Å². The molecule has 1 amide bonds. The third kappa shape index (κ3) is 8.38. The van der Waals surface area contributed by atoms with Crippen molar-refractivity contribution < 1.29 is 19.1 Å². The van der Waals surface area contributed by atoms with Crippen LogP contribution < -0.4 is 5.32 Å². The van der Waals surface area contributed by atoms with Crippen molar-refractivity contribution in [3.8, 4) is 0 Å². The van der Waals surface area contributed by atoms with Crippen LogP contribution in [0.3, 0.4) is 0 Å². The fourth-order valence-corrected chi connectivity index (χ4v) is 2.78. The second-order valence-electron chi connectivity index (χ2n) is 8.00. The van der Waals surface area contributed by atoms with E-state index in [1.807, 2.05) is 54.6 Å². The van der Waals surface area contributed by atoms with E-state index >= 15 is 0 Å². The van der Waals surface area contributed by atoms with Gasteiger partial charge < -0.3 is 14.8 Å². The molecule has 5 heteroatoms. The number of hydrogen-bond donors (Lipinski definition) is 1. The lowest BCUT2D eigenvalue weighted by Gasteiger charge is -2.23. The first-order valence-corrected chi connectivity index (χ1v) is 10.0. The quantitative estimate of drug-likeness (QED) is 0.649. The number of rotatable bonds is 8. The van der Waals surface area contributed by atoms with Gasteiger partial charge in [0.2, 0.25) is 0 Å². The summed E-state index contributed by atoms with van der Waals surface area (Å²) in [6.45, 7) is 7.60. The van der Waals surface area contributed by atoms with Gasteiger partial charge in [0.05, 0.1) is 0 Å². The smallest absolute Gasteiger partial charge is 0.408 e. The summed E-state index contributed by atoms with van der Waals surface area (Å²) in [7, 11) is 0. The third-order valence-corrected chi connectivity index (χ3v) is 4.35. The summed E-state index contributed by atoms with van der Waals surface area (Å²) in [6.07, 6.45) is 1.40. The van der Waals surface area contributed by atoms with Gasteiger partial charge in [0.25, 0.3) is 0 Å². The Morgan fingerprint density at radius 3 is 2.14 bits per heavy atom. The Morgan fingerprint density at radius 2 is 1.55 bits per heavy atom. The molecule has 1 atom stereocenters. The van der Waals surface area contributed by atoms with E-state index in [0.29, 0.717) is 12.8 Å². The molecule has 0 aliphatic carbocycles. The van der Waals surface area contributed by atoms with Gasteiger partial charge in [-0.1, -0.05) is 61.5 Å². The number of benzene rings is 2. The highest BCUT2D eigenvalue weighted by Gasteiger charge is 2.25. The van der Waals surface area contributed by atoms with Crippen LogP contribution in [0, 0.1) is 0 Å². The monoisotopic (exact) mass is 397 g/mol. The van der Waals surface area contributed by atoms with Crippen LogP contribution in [0.15, 0.2) is 54.6 Å². The molecule has 0 bridgehead atoms. The van der Waals surface area contributed by atoms with Crippen LogP contribution in [0.25, 0.3) is 0 Å². The highest BCUT2D eigenvalue weighted by atomic mass is 16.6. The SMILES string of the molecule is CCc1ccc(COC(=O)C(CCc2ccccc2)NC(=O)OC(C)(C)C)cc1. The molecule has 0 spiro atoms. The Morgan fingerprint density at radius 1 is 0.931 bits per heavy atom. The molecule has 0 fully saturated rings. The Hall–Kier alpha value is -2.82. The summed E-state index contributed by atoms with van der Waals surface area (Å²) >= 11 is 0. The molecule has 0 aliphatic rings. The molecular weight excluding hydrogens is 366 g/mol. The van der Waals surface area contributed by atoms with E-state index in [4.69, 9.17) is 9.47 Å². The molecule has 0 heterocycles. The molecule has 5 nitrogen and oxygen atoms in total. The number of esters is 1. The predicted octanol–water partition coefficient (Wildman–Crippen LogP) is 4.82. The van der Waals surface area contributed by atoms with Gasteiger partial charge in [-0.15, -0.1) is 0 Å². The summed E-state index contributed by atoms with van der Waals surface area (Å²) in [4.78, 5) is 24.9. The fourth-order valence-electron chi connectivity index (χ4n) is 2.78. The zero-order valence-electron chi connectivity index (χ0n) is 17.7. The van der Waals surface area contributed by atoms with Crippen LogP contribution >= 0.6 is 0 Å². The van der Waals surface area contributed by atoms with Gasteiger partial charge in [-0.2, -0.15) is 0 Å². The van der Waals surface area contributed by atoms with Crippen LogP contribution in [0.2, 0.25) is 0 Å². The van der Waals surface area contributed by atoms with Crippen molar-refractivity contribution in [2.75, 3.05) is 0 Å². The van der Waals surface area contributed by atoms with Crippen molar-refractivity contribution in [1.29, 1.82) is 0 Å². The molecule has 156 valence electrons. The second-order valence-corrected chi connectivity index (χ2v) is 8.00. The normalized spacial score (nSPS) is 12.1. The maximum Gasteiger partial charge on any atom is 0.408 e. The third-order valence-electron chi connectivity index (χ3n) is 4.35. The maximum atomic E-state index is 12.7. The summed E-state index contributed by atoms with van der Waals surface area (Å²) < 4.78 is 10.8. The summed E-state index contributed by atoms with van der Waals surface area (Å²) in [5.74, 6) is -0.466. The van der Waals surface area contributed by atoms with Crippen molar-refractivity contribution in [2.24, 2.45) is 0 Å². The highest BCUT2D eigenvalue weighted by Crippen LogP contribution is 2.12. The maximum absolute atomic E-state index is 12.7. The van der Waals surface area contributed by atoms with Gasteiger partial charge in [0, 0.05) is 0 Å². The second kappa shape index (κ2) is 10.6. The highest BCUT2D eigenvalue weighted by molar-refractivity contribution is 5.81. The minimum absolute atomic E-state index is 0.167. The summed E-state index contributed by atoms with van der Waals surface area (Å²) in [6, 6.07) is 17.0. The van der Waals surface area contributed by atoms with Crippen LogP contribution in [0.1, 0.15) is 50.8 Å². The van der Waals surface area contributed by atoms with Crippen LogP contribution in [0.5, 0.6) is 0 Å². The molecule has 0 aliphatic heterocycles. The number of aryl methyl sites for hydroxylation is 2. The average Bonchev–Trinajstić information content (AvgIpc) is 2.69. The molecule has 1 N–H and O–H groups in total. The molecular formula is C24H31NO4. The number of carbonyl (C=O) groups is 2.